The number of benzene rings is 4. The predicted molar refractivity (Wildman–Crippen MR) is 165 cm³/mol. The van der Waals surface area contributed by atoms with Crippen LogP contribution in [0.15, 0.2) is 89.8 Å². The highest BCUT2D eigenvalue weighted by Gasteiger charge is 2.34. The van der Waals surface area contributed by atoms with Crippen LogP contribution in [0.3, 0.4) is 0 Å². The smallest absolute Gasteiger partial charge is 0.407 e. The molecule has 2 aliphatic rings. The molecule has 0 aromatic heterocycles. The number of carbonyl (C=O) groups is 3. The van der Waals surface area contributed by atoms with Crippen LogP contribution in [0.2, 0.25) is 0 Å². The number of anilines is 1. The largest absolute Gasteiger partial charge is 0.449 e. The Morgan fingerprint density at radius 2 is 1.64 bits per heavy atom. The maximum Gasteiger partial charge on any atom is 0.407 e. The van der Waals surface area contributed by atoms with Crippen molar-refractivity contribution in [1.29, 1.82) is 0 Å². The zero-order chi connectivity index (χ0) is 29.4. The maximum absolute atomic E-state index is 14.0. The number of nitrogens with two attached hydrogens (primary N) is 1. The van der Waals surface area contributed by atoms with E-state index in [1.807, 2.05) is 56.3 Å². The molecule has 3 N–H and O–H groups in total. The highest BCUT2D eigenvalue weighted by atomic mass is 32.2. The zero-order valence-corrected chi connectivity index (χ0v) is 24.2. The molecule has 7 nitrogen and oxygen atoms in total. The Bertz CT molecular complexity index is 1670. The Balaban J connectivity index is 1.23. The van der Waals surface area contributed by atoms with Crippen molar-refractivity contribution in [1.82, 2.24) is 5.32 Å². The Morgan fingerprint density at radius 1 is 0.952 bits per heavy atom. The second-order valence-electron chi connectivity index (χ2n) is 10.7. The quantitative estimate of drug-likeness (QED) is 0.295. The molecule has 1 heterocycles. The minimum atomic E-state index is -0.833. The van der Waals surface area contributed by atoms with E-state index in [1.54, 1.807) is 23.1 Å². The first-order valence-corrected chi connectivity index (χ1v) is 14.8. The fourth-order valence-electron chi connectivity index (χ4n) is 5.74. The number of amides is 3. The van der Waals surface area contributed by atoms with Crippen molar-refractivity contribution in [3.05, 3.63) is 118 Å². The van der Waals surface area contributed by atoms with Crippen molar-refractivity contribution in [2.24, 2.45) is 5.73 Å². The molecule has 0 fully saturated rings. The highest BCUT2D eigenvalue weighted by molar-refractivity contribution is 7.99. The highest BCUT2D eigenvalue weighted by Crippen LogP contribution is 2.44. The predicted octanol–water partition coefficient (Wildman–Crippen LogP) is 5.95. The number of alkyl carbamates (subject to hydrolysis) is 1. The van der Waals surface area contributed by atoms with E-state index in [0.29, 0.717) is 17.0 Å². The summed E-state index contributed by atoms with van der Waals surface area (Å²) in [5, 5.41) is 2.83. The molecule has 3 amide bonds. The third-order valence-electron chi connectivity index (χ3n) is 7.97. The lowest BCUT2D eigenvalue weighted by molar-refractivity contribution is -0.120. The number of hydrogen-bond donors (Lipinski definition) is 2. The molecule has 6 rings (SSSR count). The van der Waals surface area contributed by atoms with Gasteiger partial charge < -0.3 is 20.7 Å². The molecule has 212 valence electrons. The molecule has 1 aliphatic heterocycles. The summed E-state index contributed by atoms with van der Waals surface area (Å²) in [6.45, 7) is 4.44. The summed E-state index contributed by atoms with van der Waals surface area (Å²) in [7, 11) is 0. The fraction of sp³-hybridized carbons (Fsp3) is 0.206. The lowest BCUT2D eigenvalue weighted by atomic mass is 9.98. The number of aryl methyl sites for hydroxylation is 2. The first-order chi connectivity index (χ1) is 20.3. The van der Waals surface area contributed by atoms with Gasteiger partial charge in [0.25, 0.3) is 5.91 Å². The Kier molecular flexibility index (Phi) is 7.47. The average molecular weight is 578 g/mol. The fourth-order valence-corrected chi connectivity index (χ4v) is 6.80. The third-order valence-corrected chi connectivity index (χ3v) is 9.13. The molecule has 0 saturated heterocycles. The summed E-state index contributed by atoms with van der Waals surface area (Å²) in [6, 6.07) is 26.7. The zero-order valence-electron chi connectivity index (χ0n) is 23.4. The normalized spacial score (nSPS) is 15.8. The van der Waals surface area contributed by atoms with Crippen LogP contribution in [0.4, 0.5) is 10.5 Å². The van der Waals surface area contributed by atoms with E-state index < -0.39 is 18.0 Å². The van der Waals surface area contributed by atoms with Crippen LogP contribution in [-0.4, -0.2) is 36.3 Å². The Morgan fingerprint density at radius 3 is 2.33 bits per heavy atom. The standard InChI is InChI=1S/C34H31N3O4S/c1-20-11-12-21(2)23(15-20)17-37-30-16-22(32(35)38)13-14-31(30)42-19-29(33(37)39)36-34(40)41-18-28-26-9-5-3-7-24(26)25-8-4-6-10-27(25)28/h3-16,28-29H,17-19H2,1-2H3,(H2,35,38)(H,36,40)/t29-/m0/s1. The molecule has 4 aromatic rings. The van der Waals surface area contributed by atoms with Gasteiger partial charge in [0.2, 0.25) is 5.91 Å². The van der Waals surface area contributed by atoms with Crippen LogP contribution in [0, 0.1) is 13.8 Å². The molecule has 1 aliphatic carbocycles. The number of nitrogens with one attached hydrogen (secondary N) is 1. The molecule has 0 unspecified atom stereocenters. The van der Waals surface area contributed by atoms with Gasteiger partial charge in [-0.2, -0.15) is 0 Å². The van der Waals surface area contributed by atoms with Crippen molar-refractivity contribution in [3.63, 3.8) is 0 Å². The average Bonchev–Trinajstić information content (AvgIpc) is 3.25. The second kappa shape index (κ2) is 11.4. The SMILES string of the molecule is Cc1ccc(C)c(CN2C(=O)[C@@H](NC(=O)OCC3c4ccccc4-c4ccccc43)CSc3ccc(C(N)=O)cc32)c1. The summed E-state index contributed by atoms with van der Waals surface area (Å²) in [5.74, 6) is -0.619. The van der Waals surface area contributed by atoms with Gasteiger partial charge in [-0.25, -0.2) is 4.79 Å². The molecular weight excluding hydrogens is 546 g/mol. The number of nitrogens with zero attached hydrogens (tertiary/aromatic N) is 1. The minimum Gasteiger partial charge on any atom is -0.449 e. The van der Waals surface area contributed by atoms with Crippen LogP contribution < -0.4 is 16.0 Å². The van der Waals surface area contributed by atoms with Crippen molar-refractivity contribution in [3.8, 4) is 11.1 Å². The molecule has 0 bridgehead atoms. The topological polar surface area (TPSA) is 102 Å². The van der Waals surface area contributed by atoms with Crippen molar-refractivity contribution >= 4 is 35.4 Å². The lowest BCUT2D eigenvalue weighted by Crippen LogP contribution is -2.49. The van der Waals surface area contributed by atoms with Crippen molar-refractivity contribution in [2.75, 3.05) is 17.3 Å². The van der Waals surface area contributed by atoms with Crippen molar-refractivity contribution in [2.45, 2.75) is 37.2 Å². The summed E-state index contributed by atoms with van der Waals surface area (Å²) in [6.07, 6.45) is -0.647. The number of thioether (sulfide) groups is 1. The summed E-state index contributed by atoms with van der Waals surface area (Å²) in [5.41, 5.74) is 14.1. The van der Waals surface area contributed by atoms with Crippen LogP contribution in [0.25, 0.3) is 11.1 Å². The molecule has 1 atom stereocenters. The number of ether oxygens (including phenoxy) is 1. The molecule has 0 saturated carbocycles. The van der Waals surface area contributed by atoms with E-state index in [9.17, 15) is 14.4 Å². The van der Waals surface area contributed by atoms with Gasteiger partial charge in [-0.05, 0) is 65.4 Å². The number of fused-ring (bicyclic) bond motifs is 4. The summed E-state index contributed by atoms with van der Waals surface area (Å²) < 4.78 is 5.76. The van der Waals surface area contributed by atoms with E-state index in [-0.39, 0.29) is 25.0 Å². The van der Waals surface area contributed by atoms with E-state index in [2.05, 4.69) is 29.6 Å². The number of carbonyl (C=O) groups excluding carboxylic acids is 3. The van der Waals surface area contributed by atoms with Gasteiger partial charge in [0.1, 0.15) is 12.6 Å². The molecular formula is C34H31N3O4S. The van der Waals surface area contributed by atoms with E-state index in [1.165, 1.54) is 11.8 Å². The van der Waals surface area contributed by atoms with Gasteiger partial charge in [-0.1, -0.05) is 72.3 Å². The van der Waals surface area contributed by atoms with Gasteiger partial charge in [-0.15, -0.1) is 11.8 Å². The van der Waals surface area contributed by atoms with E-state index in [0.717, 1.165) is 43.8 Å². The van der Waals surface area contributed by atoms with Crippen LogP contribution >= 0.6 is 11.8 Å². The molecule has 0 spiro atoms. The molecule has 0 radical (unpaired) electrons. The maximum atomic E-state index is 14.0. The Labute approximate surface area is 249 Å². The van der Waals surface area contributed by atoms with Gasteiger partial charge in [0, 0.05) is 22.1 Å². The van der Waals surface area contributed by atoms with E-state index >= 15 is 0 Å². The molecule has 8 heteroatoms. The monoisotopic (exact) mass is 577 g/mol. The number of primary amides is 1. The van der Waals surface area contributed by atoms with Gasteiger partial charge in [0.05, 0.1) is 12.2 Å². The third kappa shape index (κ3) is 5.25. The van der Waals surface area contributed by atoms with Crippen molar-refractivity contribution < 1.29 is 19.1 Å². The van der Waals surface area contributed by atoms with Gasteiger partial charge in [-0.3, -0.25) is 9.59 Å². The first-order valence-electron chi connectivity index (χ1n) is 13.9. The molecule has 4 aromatic carbocycles. The van der Waals surface area contributed by atoms with Crippen LogP contribution in [-0.2, 0) is 16.1 Å². The first kappa shape index (κ1) is 27.6. The molecule has 42 heavy (non-hydrogen) atoms. The van der Waals surface area contributed by atoms with E-state index in [4.69, 9.17) is 10.5 Å². The minimum absolute atomic E-state index is 0.0837. The van der Waals surface area contributed by atoms with Crippen LogP contribution in [0.1, 0.15) is 44.1 Å². The lowest BCUT2D eigenvalue weighted by Gasteiger charge is -2.27. The number of rotatable bonds is 6. The number of hydrogen-bond acceptors (Lipinski definition) is 5. The van der Waals surface area contributed by atoms with Gasteiger partial charge in [0.15, 0.2) is 0 Å². The van der Waals surface area contributed by atoms with Gasteiger partial charge >= 0.3 is 6.09 Å². The Hall–Kier alpha value is -4.56. The summed E-state index contributed by atoms with van der Waals surface area (Å²) >= 11 is 1.45. The summed E-state index contributed by atoms with van der Waals surface area (Å²) in [4.78, 5) is 41.7. The van der Waals surface area contributed by atoms with Crippen LogP contribution in [0.5, 0.6) is 0 Å². The second-order valence-corrected chi connectivity index (χ2v) is 11.8.